The second-order valence-electron chi connectivity index (χ2n) is 11.8. The van der Waals surface area contributed by atoms with Crippen LogP contribution >= 0.6 is 0 Å². The maximum absolute atomic E-state index is 13.6. The van der Waals surface area contributed by atoms with Gasteiger partial charge in [-0.1, -0.05) is 62.4 Å². The van der Waals surface area contributed by atoms with Crippen LogP contribution in [0.4, 0.5) is 4.79 Å². The molecule has 10 nitrogen and oxygen atoms in total. The quantitative estimate of drug-likeness (QED) is 0.271. The van der Waals surface area contributed by atoms with E-state index in [1.54, 1.807) is 33.9 Å². The number of hydrogen-bond donors (Lipinski definition) is 5. The van der Waals surface area contributed by atoms with Gasteiger partial charge in [0.25, 0.3) is 0 Å². The molecule has 1 aromatic carbocycles. The number of hydrogen-bond acceptors (Lipinski definition) is 6. The lowest BCUT2D eigenvalue weighted by Gasteiger charge is -2.30. The molecule has 40 heavy (non-hydrogen) atoms. The van der Waals surface area contributed by atoms with Gasteiger partial charge >= 0.3 is 6.09 Å². The zero-order valence-corrected chi connectivity index (χ0v) is 24.1. The van der Waals surface area contributed by atoms with E-state index in [2.05, 4.69) is 25.9 Å². The van der Waals surface area contributed by atoms with Crippen molar-refractivity contribution in [2.24, 2.45) is 5.92 Å². The van der Waals surface area contributed by atoms with Gasteiger partial charge in [0.2, 0.25) is 11.8 Å². The van der Waals surface area contributed by atoms with Gasteiger partial charge in [0.15, 0.2) is 0 Å². The lowest BCUT2D eigenvalue weighted by molar-refractivity contribution is -0.130. The molecular weight excluding hydrogens is 510 g/mol. The van der Waals surface area contributed by atoms with Crippen molar-refractivity contribution in [1.82, 2.24) is 25.9 Å². The summed E-state index contributed by atoms with van der Waals surface area (Å²) in [6, 6.07) is 6.94. The van der Waals surface area contributed by atoms with Crippen LogP contribution in [0.3, 0.4) is 0 Å². The van der Waals surface area contributed by atoms with Crippen molar-refractivity contribution >= 4 is 17.9 Å². The van der Waals surface area contributed by atoms with E-state index < -0.39 is 47.7 Å². The molecule has 1 fully saturated rings. The molecule has 0 bridgehead atoms. The van der Waals surface area contributed by atoms with Gasteiger partial charge in [-0.05, 0) is 45.6 Å². The zero-order chi connectivity index (χ0) is 29.1. The van der Waals surface area contributed by atoms with Crippen LogP contribution in [-0.4, -0.2) is 62.8 Å². The molecule has 0 aliphatic heterocycles. The number of amides is 3. The summed E-state index contributed by atoms with van der Waals surface area (Å²) < 4.78 is 5.39. The number of carbonyl (C=O) groups excluding carboxylic acids is 3. The number of nitrogens with zero attached hydrogens (tertiary/aromatic N) is 1. The molecule has 4 atom stereocenters. The van der Waals surface area contributed by atoms with E-state index in [1.807, 2.05) is 30.3 Å². The number of nitrogens with one attached hydrogen (secondary N) is 4. The number of benzene rings is 1. The second kappa shape index (κ2) is 14.8. The number of imidazole rings is 1. The maximum atomic E-state index is 13.6. The number of rotatable bonds is 12. The van der Waals surface area contributed by atoms with Gasteiger partial charge < -0.3 is 30.8 Å². The van der Waals surface area contributed by atoms with Gasteiger partial charge in [0.05, 0.1) is 18.5 Å². The number of carbonyl (C=O) groups is 3. The van der Waals surface area contributed by atoms with E-state index in [-0.39, 0.29) is 12.8 Å². The van der Waals surface area contributed by atoms with Crippen LogP contribution in [-0.2, 0) is 27.2 Å². The molecule has 0 saturated heterocycles. The van der Waals surface area contributed by atoms with Crippen LogP contribution in [0.25, 0.3) is 0 Å². The SMILES string of the molecule is C[C@@H](O)[C@H](CC1CCCCC1)NC(=O)[C@H](Cc1cnc[nH]1)NC(=O)[C@H](Cc1ccccc1)NC(=O)OC(C)(C)C. The highest BCUT2D eigenvalue weighted by atomic mass is 16.6. The Morgan fingerprint density at radius 2 is 1.65 bits per heavy atom. The van der Waals surface area contributed by atoms with Crippen LogP contribution in [0.5, 0.6) is 0 Å². The summed E-state index contributed by atoms with van der Waals surface area (Å²) in [7, 11) is 0. The van der Waals surface area contributed by atoms with Crippen molar-refractivity contribution in [2.45, 2.75) is 109 Å². The molecule has 0 unspecified atom stereocenters. The fourth-order valence-electron chi connectivity index (χ4n) is 5.05. The van der Waals surface area contributed by atoms with Gasteiger partial charge in [-0.2, -0.15) is 0 Å². The normalized spacial score (nSPS) is 17.2. The highest BCUT2D eigenvalue weighted by Crippen LogP contribution is 2.28. The molecule has 10 heteroatoms. The minimum absolute atomic E-state index is 0.165. The third kappa shape index (κ3) is 10.6. The fraction of sp³-hybridized carbons (Fsp3) is 0.600. The zero-order valence-electron chi connectivity index (χ0n) is 24.1. The molecule has 0 spiro atoms. The summed E-state index contributed by atoms with van der Waals surface area (Å²) in [6.07, 6.45) is 8.43. The van der Waals surface area contributed by atoms with Gasteiger partial charge in [-0.25, -0.2) is 9.78 Å². The predicted octanol–water partition coefficient (Wildman–Crippen LogP) is 3.41. The molecule has 5 N–H and O–H groups in total. The lowest BCUT2D eigenvalue weighted by Crippen LogP contribution is -2.57. The molecule has 1 heterocycles. The molecular formula is C30H45N5O5. The first-order valence-corrected chi connectivity index (χ1v) is 14.3. The Balaban J connectivity index is 1.76. The number of alkyl carbamates (subject to hydrolysis) is 1. The topological polar surface area (TPSA) is 145 Å². The minimum Gasteiger partial charge on any atom is -0.444 e. The molecule has 1 aliphatic carbocycles. The standard InChI is InChI=1S/C30H45N5O5/c1-20(36)24(15-21-11-7-5-8-12-21)33-28(38)26(17-23-18-31-19-32-23)34-27(37)25(16-22-13-9-6-10-14-22)35-29(39)40-30(2,3)4/h6,9-10,13-14,18-21,24-26,36H,5,7-8,11-12,15-17H2,1-4H3,(H,31,32)(H,33,38)(H,34,37)(H,35,39)/t20-,24+,25+,26+/m1/s1. The van der Waals surface area contributed by atoms with Crippen molar-refractivity contribution < 1.29 is 24.2 Å². The summed E-state index contributed by atoms with van der Waals surface area (Å²) in [5, 5.41) is 19.0. The third-order valence-electron chi connectivity index (χ3n) is 7.12. The first kappa shape index (κ1) is 31.1. The summed E-state index contributed by atoms with van der Waals surface area (Å²) in [5.41, 5.74) is 0.769. The van der Waals surface area contributed by atoms with Crippen LogP contribution in [0.1, 0.15) is 77.5 Å². The average Bonchev–Trinajstić information content (AvgIpc) is 3.40. The molecule has 3 rings (SSSR count). The van der Waals surface area contributed by atoms with E-state index >= 15 is 0 Å². The van der Waals surface area contributed by atoms with E-state index in [4.69, 9.17) is 4.74 Å². The van der Waals surface area contributed by atoms with Crippen molar-refractivity contribution in [1.29, 1.82) is 0 Å². The Bertz CT molecular complexity index is 1060. The molecule has 0 radical (unpaired) electrons. The Morgan fingerprint density at radius 1 is 1.00 bits per heavy atom. The third-order valence-corrected chi connectivity index (χ3v) is 7.12. The highest BCUT2D eigenvalue weighted by Gasteiger charge is 2.31. The van der Waals surface area contributed by atoms with E-state index in [0.717, 1.165) is 31.2 Å². The van der Waals surface area contributed by atoms with Crippen molar-refractivity contribution in [3.63, 3.8) is 0 Å². The van der Waals surface area contributed by atoms with Crippen LogP contribution in [0.2, 0.25) is 0 Å². The van der Waals surface area contributed by atoms with E-state index in [1.165, 1.54) is 12.7 Å². The number of H-pyrrole nitrogens is 1. The molecule has 220 valence electrons. The first-order chi connectivity index (χ1) is 19.0. The number of aliphatic hydroxyl groups excluding tert-OH is 1. The van der Waals surface area contributed by atoms with Crippen molar-refractivity contribution in [3.8, 4) is 0 Å². The van der Waals surface area contributed by atoms with E-state index in [0.29, 0.717) is 18.0 Å². The summed E-state index contributed by atoms with van der Waals surface area (Å²) in [6.45, 7) is 6.91. The van der Waals surface area contributed by atoms with Crippen LogP contribution in [0, 0.1) is 5.92 Å². The number of aliphatic hydroxyl groups is 1. The van der Waals surface area contributed by atoms with Crippen LogP contribution < -0.4 is 16.0 Å². The first-order valence-electron chi connectivity index (χ1n) is 14.3. The molecule has 1 aromatic heterocycles. The molecule has 1 aliphatic rings. The predicted molar refractivity (Wildman–Crippen MR) is 152 cm³/mol. The Labute approximate surface area is 237 Å². The molecule has 2 aromatic rings. The van der Waals surface area contributed by atoms with Crippen molar-refractivity contribution in [2.75, 3.05) is 0 Å². The summed E-state index contributed by atoms with van der Waals surface area (Å²) in [5.74, 6) is -0.474. The van der Waals surface area contributed by atoms with Gasteiger partial charge in [0, 0.05) is 24.7 Å². The van der Waals surface area contributed by atoms with Gasteiger partial charge in [-0.15, -0.1) is 0 Å². The lowest BCUT2D eigenvalue weighted by atomic mass is 9.84. The second-order valence-corrected chi connectivity index (χ2v) is 11.8. The Morgan fingerprint density at radius 3 is 2.25 bits per heavy atom. The summed E-state index contributed by atoms with van der Waals surface area (Å²) >= 11 is 0. The summed E-state index contributed by atoms with van der Waals surface area (Å²) in [4.78, 5) is 46.8. The molecule has 1 saturated carbocycles. The number of ether oxygens (including phenoxy) is 1. The highest BCUT2D eigenvalue weighted by molar-refractivity contribution is 5.91. The Hall–Kier alpha value is -3.40. The fourth-order valence-corrected chi connectivity index (χ4v) is 5.05. The minimum atomic E-state index is -0.982. The van der Waals surface area contributed by atoms with Gasteiger partial charge in [-0.3, -0.25) is 9.59 Å². The van der Waals surface area contributed by atoms with Gasteiger partial charge in [0.1, 0.15) is 17.7 Å². The smallest absolute Gasteiger partial charge is 0.408 e. The van der Waals surface area contributed by atoms with Crippen molar-refractivity contribution in [3.05, 3.63) is 54.1 Å². The van der Waals surface area contributed by atoms with E-state index in [9.17, 15) is 19.5 Å². The monoisotopic (exact) mass is 555 g/mol. The number of aromatic amines is 1. The average molecular weight is 556 g/mol. The molecule has 3 amide bonds. The van der Waals surface area contributed by atoms with Crippen LogP contribution in [0.15, 0.2) is 42.9 Å². The largest absolute Gasteiger partial charge is 0.444 e. The maximum Gasteiger partial charge on any atom is 0.408 e. The number of aromatic nitrogens is 2. The Kier molecular flexibility index (Phi) is 11.5.